The minimum atomic E-state index is -0.709. The zero-order valence-corrected chi connectivity index (χ0v) is 15.5. The molecule has 0 saturated heterocycles. The highest BCUT2D eigenvalue weighted by atomic mass is 35.5. The summed E-state index contributed by atoms with van der Waals surface area (Å²) in [6.07, 6.45) is 0. The van der Waals surface area contributed by atoms with Crippen LogP contribution in [0.15, 0.2) is 42.5 Å². The van der Waals surface area contributed by atoms with Crippen LogP contribution < -0.4 is 10.1 Å². The molecule has 0 atom stereocenters. The topological polar surface area (TPSA) is 90.9 Å². The molecule has 2 aromatic rings. The minimum absolute atomic E-state index is 0.195. The van der Waals surface area contributed by atoms with Crippen LogP contribution in [0.4, 0.5) is 5.69 Å². The fourth-order valence-corrected chi connectivity index (χ4v) is 2.22. The van der Waals surface area contributed by atoms with Crippen LogP contribution in [0.1, 0.15) is 15.9 Å². The van der Waals surface area contributed by atoms with Gasteiger partial charge >= 0.3 is 11.9 Å². The van der Waals surface area contributed by atoms with E-state index in [-0.39, 0.29) is 17.9 Å². The molecule has 8 heteroatoms. The second kappa shape index (κ2) is 9.59. The Bertz CT molecular complexity index is 852. The Morgan fingerprint density at radius 3 is 2.52 bits per heavy atom. The number of benzene rings is 2. The number of hydrogen-bond acceptors (Lipinski definition) is 6. The minimum Gasteiger partial charge on any atom is -0.482 e. The van der Waals surface area contributed by atoms with Crippen molar-refractivity contribution in [1.82, 2.24) is 0 Å². The van der Waals surface area contributed by atoms with Crippen LogP contribution >= 0.6 is 11.6 Å². The number of carbonyl (C=O) groups is 3. The van der Waals surface area contributed by atoms with Crippen molar-refractivity contribution in [3.63, 3.8) is 0 Å². The van der Waals surface area contributed by atoms with Crippen molar-refractivity contribution in [2.75, 3.05) is 25.6 Å². The Labute approximate surface area is 161 Å². The van der Waals surface area contributed by atoms with Gasteiger partial charge in [0.05, 0.1) is 18.4 Å². The van der Waals surface area contributed by atoms with Crippen molar-refractivity contribution < 1.29 is 28.6 Å². The van der Waals surface area contributed by atoms with Gasteiger partial charge in [-0.15, -0.1) is 0 Å². The Balaban J connectivity index is 1.82. The molecule has 0 aliphatic rings. The highest BCUT2D eigenvalue weighted by Gasteiger charge is 2.14. The van der Waals surface area contributed by atoms with E-state index in [2.05, 4.69) is 10.1 Å². The summed E-state index contributed by atoms with van der Waals surface area (Å²) in [6, 6.07) is 11.3. The van der Waals surface area contributed by atoms with Gasteiger partial charge in [-0.1, -0.05) is 23.7 Å². The van der Waals surface area contributed by atoms with E-state index in [1.807, 2.05) is 6.92 Å². The predicted octanol–water partition coefficient (Wildman–Crippen LogP) is 3.00. The molecule has 2 aromatic carbocycles. The van der Waals surface area contributed by atoms with E-state index in [0.717, 1.165) is 5.56 Å². The van der Waals surface area contributed by atoms with E-state index in [9.17, 15) is 14.4 Å². The molecule has 7 nitrogen and oxygen atoms in total. The van der Waals surface area contributed by atoms with Gasteiger partial charge in [0.15, 0.2) is 13.2 Å². The van der Waals surface area contributed by atoms with Crippen LogP contribution in [-0.4, -0.2) is 38.2 Å². The molecule has 0 spiro atoms. The highest BCUT2D eigenvalue weighted by Crippen LogP contribution is 2.21. The lowest BCUT2D eigenvalue weighted by molar-refractivity contribution is -0.149. The number of hydrogen-bond donors (Lipinski definition) is 1. The molecule has 1 amide bonds. The third-order valence-electron chi connectivity index (χ3n) is 3.46. The van der Waals surface area contributed by atoms with E-state index in [1.165, 1.54) is 19.2 Å². The summed E-state index contributed by atoms with van der Waals surface area (Å²) in [5, 5.41) is 3.09. The maximum Gasteiger partial charge on any atom is 0.344 e. The monoisotopic (exact) mass is 391 g/mol. The van der Waals surface area contributed by atoms with Crippen LogP contribution in [0.5, 0.6) is 5.75 Å². The van der Waals surface area contributed by atoms with Gasteiger partial charge in [-0.25, -0.2) is 9.59 Å². The summed E-state index contributed by atoms with van der Waals surface area (Å²) >= 11 is 5.91. The van der Waals surface area contributed by atoms with Crippen molar-refractivity contribution in [1.29, 1.82) is 0 Å². The Kier molecular flexibility index (Phi) is 7.19. The van der Waals surface area contributed by atoms with Gasteiger partial charge < -0.3 is 19.5 Å². The lowest BCUT2D eigenvalue weighted by Gasteiger charge is -2.10. The Hall–Kier alpha value is -3.06. The number of anilines is 1. The Morgan fingerprint density at radius 2 is 1.81 bits per heavy atom. The van der Waals surface area contributed by atoms with Gasteiger partial charge in [0.1, 0.15) is 5.75 Å². The summed E-state index contributed by atoms with van der Waals surface area (Å²) < 4.78 is 14.8. The lowest BCUT2D eigenvalue weighted by atomic mass is 10.2. The van der Waals surface area contributed by atoms with E-state index < -0.39 is 24.5 Å². The second-order valence-electron chi connectivity index (χ2n) is 5.45. The Morgan fingerprint density at radius 1 is 1.07 bits per heavy atom. The molecule has 1 N–H and O–H groups in total. The number of nitrogens with one attached hydrogen (secondary N) is 1. The molecule has 0 saturated carbocycles. The molecule has 0 unspecified atom stereocenters. The molecule has 142 valence electrons. The SMILES string of the molecule is COC(=O)c1ccccc1NC(=O)COC(=O)COc1ccc(Cl)c(C)c1. The number of para-hydroxylation sites is 1. The predicted molar refractivity (Wildman–Crippen MR) is 99.1 cm³/mol. The smallest absolute Gasteiger partial charge is 0.344 e. The van der Waals surface area contributed by atoms with E-state index in [0.29, 0.717) is 10.8 Å². The van der Waals surface area contributed by atoms with Crippen LogP contribution in [-0.2, 0) is 19.1 Å². The van der Waals surface area contributed by atoms with Gasteiger partial charge in [0.2, 0.25) is 0 Å². The summed E-state index contributed by atoms with van der Waals surface area (Å²) in [5.41, 5.74) is 1.27. The molecular weight excluding hydrogens is 374 g/mol. The number of halogens is 1. The average Bonchev–Trinajstić information content (AvgIpc) is 2.67. The first-order valence-corrected chi connectivity index (χ1v) is 8.30. The van der Waals surface area contributed by atoms with Crippen LogP contribution in [0.2, 0.25) is 5.02 Å². The van der Waals surface area contributed by atoms with Crippen LogP contribution in [0.25, 0.3) is 0 Å². The fourth-order valence-electron chi connectivity index (χ4n) is 2.10. The number of aryl methyl sites for hydroxylation is 1. The van der Waals surface area contributed by atoms with Gasteiger partial charge in [-0.2, -0.15) is 0 Å². The fraction of sp³-hybridized carbons (Fsp3) is 0.211. The first-order chi connectivity index (χ1) is 12.9. The lowest BCUT2D eigenvalue weighted by Crippen LogP contribution is -2.24. The van der Waals surface area contributed by atoms with Gasteiger partial charge in [0, 0.05) is 5.02 Å². The number of carbonyl (C=O) groups excluding carboxylic acids is 3. The number of methoxy groups -OCH3 is 1. The summed E-state index contributed by atoms with van der Waals surface area (Å²) in [6.45, 7) is 0.939. The summed E-state index contributed by atoms with van der Waals surface area (Å²) in [4.78, 5) is 35.3. The van der Waals surface area contributed by atoms with Crippen LogP contribution in [0, 0.1) is 6.92 Å². The van der Waals surface area contributed by atoms with Crippen molar-refractivity contribution >= 4 is 35.1 Å². The van der Waals surface area contributed by atoms with Gasteiger partial charge in [0.25, 0.3) is 5.91 Å². The highest BCUT2D eigenvalue weighted by molar-refractivity contribution is 6.31. The molecule has 0 radical (unpaired) electrons. The third kappa shape index (κ3) is 6.00. The molecule has 2 rings (SSSR count). The molecule has 0 bridgehead atoms. The maximum absolute atomic E-state index is 11.9. The quantitative estimate of drug-likeness (QED) is 0.729. The van der Waals surface area contributed by atoms with Crippen molar-refractivity contribution in [3.05, 3.63) is 58.6 Å². The van der Waals surface area contributed by atoms with Crippen LogP contribution in [0.3, 0.4) is 0 Å². The maximum atomic E-state index is 11.9. The standard InChI is InChI=1S/C19H18ClNO6/c1-12-9-13(7-8-15(12)20)26-11-18(23)27-10-17(22)21-16-6-4-3-5-14(16)19(24)25-2/h3-9H,10-11H2,1-2H3,(H,21,22). The normalized spacial score (nSPS) is 10.0. The van der Waals surface area contributed by atoms with Crippen molar-refractivity contribution in [2.45, 2.75) is 6.92 Å². The molecular formula is C19H18ClNO6. The molecule has 0 heterocycles. The number of ether oxygens (including phenoxy) is 3. The van der Waals surface area contributed by atoms with Crippen molar-refractivity contribution in [3.8, 4) is 5.75 Å². The molecule has 0 aliphatic heterocycles. The molecule has 0 fully saturated rings. The third-order valence-corrected chi connectivity index (χ3v) is 3.88. The zero-order valence-electron chi connectivity index (χ0n) is 14.8. The van der Waals surface area contributed by atoms with Crippen molar-refractivity contribution in [2.24, 2.45) is 0 Å². The first-order valence-electron chi connectivity index (χ1n) is 7.92. The molecule has 27 heavy (non-hydrogen) atoms. The number of rotatable bonds is 7. The largest absolute Gasteiger partial charge is 0.482 e. The zero-order chi connectivity index (χ0) is 19.8. The average molecular weight is 392 g/mol. The summed E-state index contributed by atoms with van der Waals surface area (Å²) in [7, 11) is 1.24. The second-order valence-corrected chi connectivity index (χ2v) is 5.85. The summed E-state index contributed by atoms with van der Waals surface area (Å²) in [5.74, 6) is -1.43. The number of amides is 1. The van der Waals surface area contributed by atoms with Gasteiger partial charge in [-0.05, 0) is 42.8 Å². The number of esters is 2. The molecule has 0 aromatic heterocycles. The first kappa shape index (κ1) is 20.3. The van der Waals surface area contributed by atoms with E-state index in [1.54, 1.807) is 30.3 Å². The van der Waals surface area contributed by atoms with Gasteiger partial charge in [-0.3, -0.25) is 4.79 Å². The van der Waals surface area contributed by atoms with E-state index >= 15 is 0 Å². The molecule has 0 aliphatic carbocycles. The van der Waals surface area contributed by atoms with E-state index in [4.69, 9.17) is 21.1 Å².